The van der Waals surface area contributed by atoms with Gasteiger partial charge in [0.2, 0.25) is 11.8 Å². The summed E-state index contributed by atoms with van der Waals surface area (Å²) in [6.45, 7) is 17.0. The number of rotatable bonds is 19. The van der Waals surface area contributed by atoms with Crippen LogP contribution in [-0.4, -0.2) is 48.9 Å². The number of piperidine rings is 1. The summed E-state index contributed by atoms with van der Waals surface area (Å²) < 4.78 is 0. The van der Waals surface area contributed by atoms with Crippen LogP contribution in [0, 0.1) is 0 Å². The molecule has 1 fully saturated rings. The molecule has 1 aliphatic heterocycles. The highest BCUT2D eigenvalue weighted by molar-refractivity contribution is 8.06. The fourth-order valence-electron chi connectivity index (χ4n) is 4.36. The van der Waals surface area contributed by atoms with Crippen LogP contribution in [0.2, 0.25) is 0 Å². The Bertz CT molecular complexity index is 826. The molecule has 38 heavy (non-hydrogen) atoms. The Morgan fingerprint density at radius 3 is 2.34 bits per heavy atom. The maximum absolute atomic E-state index is 12.8. The highest BCUT2D eigenvalue weighted by Crippen LogP contribution is 2.30. The number of carbonyl (C=O) groups excluding carboxylic acids is 2. The van der Waals surface area contributed by atoms with Crippen molar-refractivity contribution in [2.45, 2.75) is 104 Å². The van der Waals surface area contributed by atoms with Crippen LogP contribution in [0.25, 0.3) is 0 Å². The van der Waals surface area contributed by atoms with Crippen molar-refractivity contribution in [3.8, 4) is 0 Å². The van der Waals surface area contributed by atoms with Crippen LogP contribution in [-0.2, 0) is 9.59 Å². The number of carbonyl (C=O) groups is 2. The molecule has 1 atom stereocenters. The topological polar surface area (TPSA) is 87.5 Å². The summed E-state index contributed by atoms with van der Waals surface area (Å²) in [6, 6.07) is -0.107. The minimum atomic E-state index is -0.123. The van der Waals surface area contributed by atoms with Gasteiger partial charge in [0.25, 0.3) is 0 Å². The minimum Gasteiger partial charge on any atom is -0.401 e. The number of thioether (sulfide) groups is 1. The van der Waals surface area contributed by atoms with Crippen LogP contribution < -0.4 is 16.4 Å². The van der Waals surface area contributed by atoms with Crippen molar-refractivity contribution in [1.82, 2.24) is 15.5 Å². The van der Waals surface area contributed by atoms with Gasteiger partial charge in [-0.05, 0) is 63.6 Å². The highest BCUT2D eigenvalue weighted by atomic mass is 35.5. The molecule has 4 N–H and O–H groups in total. The SMILES string of the molecule is C=C(CCC(=O)NC(CCCCCCCC)CNC(=O)C(=C)CN1CCCCC1)SC(/C=C(\C)Cl)=C(/C)N. The van der Waals surface area contributed by atoms with E-state index >= 15 is 0 Å². The van der Waals surface area contributed by atoms with Gasteiger partial charge in [-0.2, -0.15) is 0 Å². The Kier molecular flexibility index (Phi) is 18.3. The van der Waals surface area contributed by atoms with Crippen LogP contribution in [0.4, 0.5) is 0 Å². The summed E-state index contributed by atoms with van der Waals surface area (Å²) in [5.74, 6) is -0.162. The number of nitrogens with zero attached hydrogens (tertiary/aromatic N) is 1. The molecule has 0 radical (unpaired) electrons. The molecule has 1 heterocycles. The Morgan fingerprint density at radius 2 is 1.71 bits per heavy atom. The van der Waals surface area contributed by atoms with Gasteiger partial charge >= 0.3 is 0 Å². The zero-order valence-corrected chi connectivity index (χ0v) is 25.6. The normalized spacial score (nSPS) is 15.9. The molecule has 0 aromatic rings. The predicted molar refractivity (Wildman–Crippen MR) is 165 cm³/mol. The molecule has 1 saturated heterocycles. The Labute approximate surface area is 241 Å². The van der Waals surface area contributed by atoms with Crippen LogP contribution in [0.3, 0.4) is 0 Å². The lowest BCUT2D eigenvalue weighted by Gasteiger charge is -2.27. The predicted octanol–water partition coefficient (Wildman–Crippen LogP) is 6.74. The van der Waals surface area contributed by atoms with Crippen molar-refractivity contribution in [3.63, 3.8) is 0 Å². The summed E-state index contributed by atoms with van der Waals surface area (Å²) in [5.41, 5.74) is 7.22. The molecule has 1 unspecified atom stereocenters. The summed E-state index contributed by atoms with van der Waals surface area (Å²) >= 11 is 7.45. The Hall–Kier alpha value is -1.70. The molecule has 0 aromatic heterocycles. The first kappa shape index (κ1) is 34.3. The van der Waals surface area contributed by atoms with Crippen LogP contribution in [0.15, 0.2) is 45.3 Å². The summed E-state index contributed by atoms with van der Waals surface area (Å²) in [4.78, 5) is 29.5. The van der Waals surface area contributed by atoms with Gasteiger partial charge in [0.05, 0.1) is 0 Å². The number of nitrogens with one attached hydrogen (secondary N) is 2. The van der Waals surface area contributed by atoms with Gasteiger partial charge in [0, 0.05) is 46.8 Å². The number of unbranched alkanes of at least 4 members (excludes halogenated alkanes) is 5. The molecule has 2 amide bonds. The van der Waals surface area contributed by atoms with Gasteiger partial charge in [-0.1, -0.05) is 88.4 Å². The molecule has 1 aliphatic rings. The smallest absolute Gasteiger partial charge is 0.247 e. The first-order chi connectivity index (χ1) is 18.1. The number of halogens is 1. The van der Waals surface area contributed by atoms with E-state index in [1.54, 1.807) is 6.92 Å². The lowest BCUT2D eigenvalue weighted by molar-refractivity contribution is -0.122. The summed E-state index contributed by atoms with van der Waals surface area (Å²) in [7, 11) is 0. The Balaban J connectivity index is 2.58. The first-order valence-corrected chi connectivity index (χ1v) is 15.4. The average molecular weight is 567 g/mol. The van der Waals surface area contributed by atoms with Gasteiger partial charge < -0.3 is 16.4 Å². The summed E-state index contributed by atoms with van der Waals surface area (Å²) in [6.07, 6.45) is 14.2. The lowest BCUT2D eigenvalue weighted by atomic mass is 10.0. The molecule has 0 aromatic carbocycles. The van der Waals surface area contributed by atoms with Gasteiger partial charge in [0.15, 0.2) is 0 Å². The van der Waals surface area contributed by atoms with Crippen LogP contribution in [0.1, 0.15) is 97.8 Å². The van der Waals surface area contributed by atoms with Crippen molar-refractivity contribution in [2.75, 3.05) is 26.2 Å². The van der Waals surface area contributed by atoms with E-state index in [0.29, 0.717) is 42.2 Å². The van der Waals surface area contributed by atoms with E-state index in [1.807, 2.05) is 13.0 Å². The molecule has 1 rings (SSSR count). The fraction of sp³-hybridized carbons (Fsp3) is 0.667. The molecule has 0 spiro atoms. The zero-order valence-electron chi connectivity index (χ0n) is 24.0. The number of allylic oxidation sites excluding steroid dienone is 4. The van der Waals surface area contributed by atoms with Crippen LogP contribution >= 0.6 is 23.4 Å². The Morgan fingerprint density at radius 1 is 1.05 bits per heavy atom. The van der Waals surface area contributed by atoms with Gasteiger partial charge in [-0.3, -0.25) is 14.5 Å². The van der Waals surface area contributed by atoms with Crippen LogP contribution in [0.5, 0.6) is 0 Å². The molecule has 0 bridgehead atoms. The molecule has 0 aliphatic carbocycles. The minimum absolute atomic E-state index is 0.0387. The van der Waals surface area contributed by atoms with Crippen molar-refractivity contribution in [2.24, 2.45) is 5.73 Å². The number of hydrogen-bond acceptors (Lipinski definition) is 5. The monoisotopic (exact) mass is 566 g/mol. The van der Waals surface area contributed by atoms with Crippen molar-refractivity contribution in [3.05, 3.63) is 45.3 Å². The lowest BCUT2D eigenvalue weighted by Crippen LogP contribution is -2.44. The van der Waals surface area contributed by atoms with Crippen molar-refractivity contribution >= 4 is 35.2 Å². The standard InChI is InChI=1S/C30H51ClN4O2S/c1-6-7-8-9-10-12-15-27(21-33-30(37)23(2)22-35-18-13-11-14-19-35)34-29(36)17-16-25(4)38-28(26(5)32)20-24(3)31/h20,27H,2,4,6-19,21-22,32H2,1,3,5H3,(H,33,37)(H,34,36)/b24-20+,28-26-. The average Bonchev–Trinajstić information content (AvgIpc) is 2.87. The second-order valence-corrected chi connectivity index (χ2v) is 12.2. The number of amides is 2. The largest absolute Gasteiger partial charge is 0.401 e. The first-order valence-electron chi connectivity index (χ1n) is 14.3. The second kappa shape index (κ2) is 20.2. The quantitative estimate of drug-likeness (QED) is 0.0915. The van der Waals surface area contributed by atoms with E-state index in [9.17, 15) is 9.59 Å². The van der Waals surface area contributed by atoms with Gasteiger partial charge in [0.1, 0.15) is 0 Å². The molecule has 0 saturated carbocycles. The molecule has 8 heteroatoms. The highest BCUT2D eigenvalue weighted by Gasteiger charge is 2.18. The third kappa shape index (κ3) is 16.3. The van der Waals surface area contributed by atoms with Crippen molar-refractivity contribution in [1.29, 1.82) is 0 Å². The number of hydrogen-bond donors (Lipinski definition) is 3. The van der Waals surface area contributed by atoms with E-state index < -0.39 is 0 Å². The molecular weight excluding hydrogens is 516 g/mol. The number of nitrogens with two attached hydrogens (primary N) is 1. The van der Waals surface area contributed by atoms with E-state index in [2.05, 4.69) is 35.6 Å². The molecular formula is C30H51ClN4O2S. The van der Waals surface area contributed by atoms with Crippen molar-refractivity contribution < 1.29 is 9.59 Å². The maximum atomic E-state index is 12.8. The summed E-state index contributed by atoms with van der Waals surface area (Å²) in [5, 5.41) is 6.80. The fourth-order valence-corrected chi connectivity index (χ4v) is 5.45. The maximum Gasteiger partial charge on any atom is 0.247 e. The van der Waals surface area contributed by atoms with E-state index in [0.717, 1.165) is 42.2 Å². The molecule has 216 valence electrons. The second-order valence-electron chi connectivity index (χ2n) is 10.4. The molecule has 6 nitrogen and oxygen atoms in total. The van der Waals surface area contributed by atoms with E-state index in [1.165, 1.54) is 56.7 Å². The van der Waals surface area contributed by atoms with Gasteiger partial charge in [-0.25, -0.2) is 0 Å². The van der Waals surface area contributed by atoms with E-state index in [-0.39, 0.29) is 17.9 Å². The zero-order chi connectivity index (χ0) is 28.3. The number of likely N-dealkylation sites (tertiary alicyclic amines) is 1. The van der Waals surface area contributed by atoms with Gasteiger partial charge in [-0.15, -0.1) is 0 Å². The van der Waals surface area contributed by atoms with E-state index in [4.69, 9.17) is 17.3 Å². The third-order valence-electron chi connectivity index (χ3n) is 6.57. The third-order valence-corrected chi connectivity index (χ3v) is 7.83.